The minimum Gasteiger partial charge on any atom is -0.484 e. The van der Waals surface area contributed by atoms with Crippen LogP contribution in [0.3, 0.4) is 0 Å². The van der Waals surface area contributed by atoms with Gasteiger partial charge in [-0.25, -0.2) is 9.79 Å². The lowest BCUT2D eigenvalue weighted by Crippen LogP contribution is -2.52. The number of amides is 2. The summed E-state index contributed by atoms with van der Waals surface area (Å²) in [5.41, 5.74) is 2.89. The Bertz CT molecular complexity index is 924. The van der Waals surface area contributed by atoms with Crippen LogP contribution in [-0.2, 0) is 11.3 Å². The fraction of sp³-hybridized carbons (Fsp3) is 0.577. The number of likely N-dealkylation sites (tertiary alicyclic amines) is 2. The zero-order chi connectivity index (χ0) is 23.4. The van der Waals surface area contributed by atoms with E-state index in [-0.39, 0.29) is 30.4 Å². The highest BCUT2D eigenvalue weighted by atomic mass is 16.5. The van der Waals surface area contributed by atoms with Gasteiger partial charge in [-0.2, -0.15) is 5.26 Å². The highest BCUT2D eigenvalue weighted by molar-refractivity contribution is 5.82. The van der Waals surface area contributed by atoms with Crippen LogP contribution in [0.5, 0.6) is 0 Å². The fourth-order valence-electron chi connectivity index (χ4n) is 4.92. The number of nitriles is 1. The first-order valence-electron chi connectivity index (χ1n) is 12.0. The standard InChI is InChI=1S/C26H34N4O3/c1-18(21-7-8-21)28-25(33-2)24-13-23(22-5-3-20(17-31)4-6-22)15-30(16-24)26(32)29-11-9-19(14-27)10-12-29/h3-6,19,21,23-24,31H,1,7-13,15-17H2,2H3. The second-order valence-electron chi connectivity index (χ2n) is 9.53. The number of carbonyl (C=O) groups excluding carboxylic acids is 1. The molecule has 2 amide bonds. The molecular formula is C26H34N4O3. The van der Waals surface area contributed by atoms with Crippen LogP contribution in [0.1, 0.15) is 49.1 Å². The van der Waals surface area contributed by atoms with Gasteiger partial charge in [0.2, 0.25) is 0 Å². The molecule has 0 bridgehead atoms. The summed E-state index contributed by atoms with van der Waals surface area (Å²) in [6.07, 6.45) is 4.57. The van der Waals surface area contributed by atoms with E-state index in [0.29, 0.717) is 38.0 Å². The Labute approximate surface area is 196 Å². The molecule has 3 aliphatic rings. The molecule has 7 nitrogen and oxygen atoms in total. The van der Waals surface area contributed by atoms with Gasteiger partial charge in [0.15, 0.2) is 5.90 Å². The summed E-state index contributed by atoms with van der Waals surface area (Å²) >= 11 is 0. The van der Waals surface area contributed by atoms with E-state index in [9.17, 15) is 15.2 Å². The molecule has 4 rings (SSSR count). The van der Waals surface area contributed by atoms with E-state index in [2.05, 4.69) is 12.6 Å². The maximum atomic E-state index is 13.5. The van der Waals surface area contributed by atoms with Gasteiger partial charge in [-0.3, -0.25) is 0 Å². The number of rotatable bonds is 5. The van der Waals surface area contributed by atoms with Crippen molar-refractivity contribution >= 4 is 11.9 Å². The first-order chi connectivity index (χ1) is 16.0. The molecule has 2 atom stereocenters. The van der Waals surface area contributed by atoms with Crippen molar-refractivity contribution in [2.75, 3.05) is 33.3 Å². The van der Waals surface area contributed by atoms with Crippen LogP contribution in [0, 0.1) is 29.1 Å². The largest absolute Gasteiger partial charge is 0.484 e. The number of ether oxygens (including phenoxy) is 1. The van der Waals surface area contributed by atoms with Crippen LogP contribution < -0.4 is 0 Å². The third kappa shape index (κ3) is 5.56. The molecule has 3 fully saturated rings. The van der Waals surface area contributed by atoms with E-state index in [1.807, 2.05) is 34.1 Å². The van der Waals surface area contributed by atoms with Crippen LogP contribution in [0.25, 0.3) is 0 Å². The van der Waals surface area contributed by atoms with Crippen molar-refractivity contribution in [3.63, 3.8) is 0 Å². The van der Waals surface area contributed by atoms with E-state index in [1.165, 1.54) is 0 Å². The Hall–Kier alpha value is -2.85. The van der Waals surface area contributed by atoms with Gasteiger partial charge in [0.25, 0.3) is 0 Å². The number of aliphatic hydroxyl groups excluding tert-OH is 1. The summed E-state index contributed by atoms with van der Waals surface area (Å²) in [6, 6.07) is 10.3. The molecule has 176 valence electrons. The number of urea groups is 1. The number of allylic oxidation sites excluding steroid dienone is 1. The predicted octanol–water partition coefficient (Wildman–Crippen LogP) is 3.91. The summed E-state index contributed by atoms with van der Waals surface area (Å²) in [7, 11) is 1.65. The molecule has 1 aromatic carbocycles. The first-order valence-corrected chi connectivity index (χ1v) is 12.0. The van der Waals surface area contributed by atoms with Gasteiger partial charge in [0.05, 0.1) is 25.7 Å². The van der Waals surface area contributed by atoms with Crippen LogP contribution in [0.2, 0.25) is 0 Å². The maximum Gasteiger partial charge on any atom is 0.320 e. The van der Waals surface area contributed by atoms with Gasteiger partial charge in [-0.05, 0) is 43.2 Å². The molecule has 1 aromatic rings. The molecule has 1 saturated carbocycles. The molecule has 2 saturated heterocycles. The highest BCUT2D eigenvalue weighted by Gasteiger charge is 2.37. The van der Waals surface area contributed by atoms with Gasteiger partial charge >= 0.3 is 6.03 Å². The number of carbonyl (C=O) groups is 1. The minimum absolute atomic E-state index is 0.0117. The van der Waals surface area contributed by atoms with E-state index >= 15 is 0 Å². The van der Waals surface area contributed by atoms with Gasteiger partial charge in [0.1, 0.15) is 0 Å². The molecule has 0 spiro atoms. The molecule has 33 heavy (non-hydrogen) atoms. The SMILES string of the molecule is C=C(N=C(OC)C1CC(c2ccc(CO)cc2)CN(C(=O)N2CCC(C#N)CC2)C1)C1CC1. The number of benzene rings is 1. The zero-order valence-corrected chi connectivity index (χ0v) is 19.4. The number of methoxy groups -OCH3 is 1. The number of nitrogens with zero attached hydrogens (tertiary/aromatic N) is 4. The third-order valence-corrected chi connectivity index (χ3v) is 7.16. The van der Waals surface area contributed by atoms with Gasteiger partial charge in [-0.15, -0.1) is 0 Å². The lowest BCUT2D eigenvalue weighted by Gasteiger charge is -2.41. The Morgan fingerprint density at radius 2 is 1.85 bits per heavy atom. The number of hydrogen-bond acceptors (Lipinski definition) is 5. The van der Waals surface area contributed by atoms with Crippen molar-refractivity contribution in [2.24, 2.45) is 22.7 Å². The molecule has 2 aliphatic heterocycles. The summed E-state index contributed by atoms with van der Waals surface area (Å²) in [5, 5.41) is 18.6. The summed E-state index contributed by atoms with van der Waals surface area (Å²) in [5.74, 6) is 1.29. The number of aliphatic hydroxyl groups is 1. The number of aliphatic imine (C=N–C) groups is 1. The molecular weight excluding hydrogens is 416 g/mol. The average molecular weight is 451 g/mol. The molecule has 1 N–H and O–H groups in total. The Morgan fingerprint density at radius 1 is 1.15 bits per heavy atom. The van der Waals surface area contributed by atoms with Crippen molar-refractivity contribution in [1.82, 2.24) is 9.80 Å². The molecule has 2 unspecified atom stereocenters. The number of piperidine rings is 2. The third-order valence-electron chi connectivity index (χ3n) is 7.16. The summed E-state index contributed by atoms with van der Waals surface area (Å²) in [4.78, 5) is 22.0. The van der Waals surface area contributed by atoms with Crippen molar-refractivity contribution < 1.29 is 14.6 Å². The van der Waals surface area contributed by atoms with E-state index in [0.717, 1.165) is 48.9 Å². The van der Waals surface area contributed by atoms with Crippen LogP contribution in [0.15, 0.2) is 41.5 Å². The molecule has 2 heterocycles. The normalized spacial score (nSPS) is 24.3. The van der Waals surface area contributed by atoms with E-state index in [4.69, 9.17) is 9.73 Å². The second-order valence-corrected chi connectivity index (χ2v) is 9.53. The second kappa shape index (κ2) is 10.4. The topological polar surface area (TPSA) is 89.2 Å². The average Bonchev–Trinajstić information content (AvgIpc) is 3.72. The van der Waals surface area contributed by atoms with Crippen molar-refractivity contribution in [1.29, 1.82) is 5.26 Å². The zero-order valence-electron chi connectivity index (χ0n) is 19.4. The Balaban J connectivity index is 1.55. The van der Waals surface area contributed by atoms with Crippen molar-refractivity contribution in [3.8, 4) is 6.07 Å². The predicted molar refractivity (Wildman–Crippen MR) is 126 cm³/mol. The quantitative estimate of drug-likeness (QED) is 0.544. The Kier molecular flexibility index (Phi) is 7.34. The summed E-state index contributed by atoms with van der Waals surface area (Å²) in [6.45, 7) is 6.59. The molecule has 0 radical (unpaired) electrons. The summed E-state index contributed by atoms with van der Waals surface area (Å²) < 4.78 is 5.73. The minimum atomic E-state index is -0.0117. The maximum absolute atomic E-state index is 13.5. The highest BCUT2D eigenvalue weighted by Crippen LogP contribution is 2.37. The van der Waals surface area contributed by atoms with Gasteiger partial charge in [0, 0.05) is 49.6 Å². The number of hydrogen-bond donors (Lipinski definition) is 1. The monoisotopic (exact) mass is 450 g/mol. The van der Waals surface area contributed by atoms with Crippen molar-refractivity contribution in [3.05, 3.63) is 47.7 Å². The molecule has 0 aromatic heterocycles. The van der Waals surface area contributed by atoms with Crippen LogP contribution in [-0.4, -0.2) is 60.1 Å². The van der Waals surface area contributed by atoms with Crippen molar-refractivity contribution in [2.45, 2.75) is 44.6 Å². The van der Waals surface area contributed by atoms with Crippen LogP contribution in [0.4, 0.5) is 4.79 Å². The smallest absolute Gasteiger partial charge is 0.320 e. The lowest BCUT2D eigenvalue weighted by atomic mass is 9.84. The molecule has 1 aliphatic carbocycles. The van der Waals surface area contributed by atoms with Gasteiger partial charge < -0.3 is 19.6 Å². The van der Waals surface area contributed by atoms with E-state index < -0.39 is 0 Å². The van der Waals surface area contributed by atoms with E-state index in [1.54, 1.807) is 7.11 Å². The van der Waals surface area contributed by atoms with Gasteiger partial charge in [-0.1, -0.05) is 30.8 Å². The lowest BCUT2D eigenvalue weighted by molar-refractivity contribution is 0.116. The molecule has 7 heteroatoms. The fourth-order valence-corrected chi connectivity index (χ4v) is 4.92. The Morgan fingerprint density at radius 3 is 2.42 bits per heavy atom. The first kappa shape index (κ1) is 23.3. The van der Waals surface area contributed by atoms with Crippen LogP contribution >= 0.6 is 0 Å².